The van der Waals surface area contributed by atoms with Gasteiger partial charge in [0, 0.05) is 23.9 Å². The largest absolute Gasteiger partial charge is 0.479 e. The number of amides is 3. The highest BCUT2D eigenvalue weighted by molar-refractivity contribution is 9.09. The number of alkyl carbamates (subject to hydrolysis) is 1. The van der Waals surface area contributed by atoms with Crippen molar-refractivity contribution in [3.8, 4) is 0 Å². The van der Waals surface area contributed by atoms with Crippen LogP contribution in [0.1, 0.15) is 91.9 Å². The van der Waals surface area contributed by atoms with E-state index in [1.807, 2.05) is 24.2 Å². The van der Waals surface area contributed by atoms with Crippen LogP contribution in [0.15, 0.2) is 12.2 Å². The second kappa shape index (κ2) is 15.1. The monoisotopic (exact) mass is 725 g/mol. The highest BCUT2D eigenvalue weighted by Gasteiger charge is 2.61. The zero-order valence-electron chi connectivity index (χ0n) is 27.9. The van der Waals surface area contributed by atoms with E-state index < -0.39 is 41.2 Å². The van der Waals surface area contributed by atoms with Gasteiger partial charge in [-0.15, -0.1) is 0 Å². The Kier molecular flexibility index (Phi) is 11.5. The third kappa shape index (κ3) is 8.66. The first-order valence-corrected chi connectivity index (χ1v) is 18.1. The van der Waals surface area contributed by atoms with Gasteiger partial charge in [0.2, 0.25) is 11.8 Å². The van der Waals surface area contributed by atoms with Crippen LogP contribution < -0.4 is 27.0 Å². The van der Waals surface area contributed by atoms with Crippen LogP contribution >= 0.6 is 15.9 Å². The number of ether oxygens (including phenoxy) is 2. The summed E-state index contributed by atoms with van der Waals surface area (Å²) >= 11 is 3.81. The molecule has 6 N–H and O–H groups in total. The smallest absolute Gasteiger partial charge is 0.408 e. The Morgan fingerprint density at radius 3 is 2.64 bits per heavy atom. The molecular weight excluding hydrogens is 674 g/mol. The lowest BCUT2D eigenvalue weighted by molar-refractivity contribution is -0.145. The predicted molar refractivity (Wildman–Crippen MR) is 176 cm³/mol. The molecule has 14 nitrogen and oxygen atoms in total. The number of rotatable bonds is 6. The first-order chi connectivity index (χ1) is 22.3. The van der Waals surface area contributed by atoms with Gasteiger partial charge in [0.25, 0.3) is 0 Å². The quantitative estimate of drug-likeness (QED) is 0.175. The Morgan fingerprint density at radius 1 is 1.15 bits per heavy atom. The molecule has 4 fully saturated rings. The maximum absolute atomic E-state index is 14.3. The minimum Gasteiger partial charge on any atom is -0.479 e. The van der Waals surface area contributed by atoms with Crippen LogP contribution in [0.25, 0.3) is 0 Å². The first kappa shape index (κ1) is 36.0. The van der Waals surface area contributed by atoms with E-state index in [2.05, 4.69) is 42.9 Å². The maximum atomic E-state index is 14.3. The Bertz CT molecular complexity index is 1200. The minimum atomic E-state index is -1.39. The average molecular weight is 727 g/mol. The van der Waals surface area contributed by atoms with Gasteiger partial charge in [0.05, 0.1) is 18.3 Å². The van der Waals surface area contributed by atoms with Gasteiger partial charge in [0.15, 0.2) is 0 Å². The maximum Gasteiger partial charge on any atom is 0.408 e. The molecule has 264 valence electrons. The predicted octanol–water partition coefficient (Wildman–Crippen LogP) is 2.45. The third-order valence-corrected chi connectivity index (χ3v) is 10.9. The number of fused-ring (bicyclic) bond motifs is 2. The highest BCUT2D eigenvalue weighted by Crippen LogP contribution is 2.45. The van der Waals surface area contributed by atoms with E-state index in [1.54, 1.807) is 20.8 Å². The number of nitrogens with zero attached hydrogens (tertiary/aromatic N) is 2. The highest BCUT2D eigenvalue weighted by atomic mass is 79.9. The fourth-order valence-corrected chi connectivity index (χ4v) is 8.21. The normalized spacial score (nSPS) is 37.9. The number of nitrogens with one attached hydrogen (secondary N) is 5. The molecule has 3 heterocycles. The SMILES string of the molecule is CCOC1CCC(C2NNN([C@@H]3C[C@H]4C(=O)N[C@]5(C(=O)O)C[C@H]5/C=C\CCCCC[C@H](NC(=O)OC(C)(C)C)C(=O)N4C3)N2)CC1Br. The number of hydrogen-bond donors (Lipinski definition) is 6. The lowest BCUT2D eigenvalue weighted by atomic mass is 9.85. The third-order valence-electron chi connectivity index (χ3n) is 9.92. The number of carboxylic acids is 1. The molecule has 2 aliphatic carbocycles. The molecule has 0 bridgehead atoms. The van der Waals surface area contributed by atoms with E-state index in [4.69, 9.17) is 9.47 Å². The second-order valence-corrected chi connectivity index (χ2v) is 15.7. The van der Waals surface area contributed by atoms with E-state index in [1.165, 1.54) is 4.90 Å². The molecule has 0 radical (unpaired) electrons. The molecule has 3 amide bonds. The van der Waals surface area contributed by atoms with Crippen molar-refractivity contribution in [3.63, 3.8) is 0 Å². The Labute approximate surface area is 285 Å². The molecule has 5 rings (SSSR count). The van der Waals surface area contributed by atoms with Crippen molar-refractivity contribution in [2.45, 2.75) is 138 Å². The van der Waals surface area contributed by atoms with Crippen LogP contribution in [0, 0.1) is 11.8 Å². The van der Waals surface area contributed by atoms with Gasteiger partial charge >= 0.3 is 12.1 Å². The number of carbonyl (C=O) groups excluding carboxylic acids is 3. The Morgan fingerprint density at radius 2 is 1.94 bits per heavy atom. The number of alkyl halides is 1. The first-order valence-electron chi connectivity index (χ1n) is 17.2. The molecule has 2 saturated carbocycles. The summed E-state index contributed by atoms with van der Waals surface area (Å²) in [6, 6.07) is -2.15. The fourth-order valence-electron chi connectivity index (χ4n) is 7.31. The number of allylic oxidation sites excluding steroid dienone is 1. The van der Waals surface area contributed by atoms with E-state index in [0.717, 1.165) is 38.5 Å². The van der Waals surface area contributed by atoms with Crippen molar-refractivity contribution in [1.82, 2.24) is 37.0 Å². The summed E-state index contributed by atoms with van der Waals surface area (Å²) in [4.78, 5) is 55.2. The Balaban J connectivity index is 1.34. The van der Waals surface area contributed by atoms with Crippen molar-refractivity contribution >= 4 is 39.8 Å². The molecule has 0 aromatic heterocycles. The van der Waals surface area contributed by atoms with Gasteiger partial charge in [-0.05, 0) is 85.0 Å². The standard InChI is InChI=1S/C32H52BrN7O7/c1-5-46-25-14-13-19(15-22(25)33)26-36-38-40(37-26)21-16-24-27(41)35-32(29(43)44)17-20(32)11-9-7-6-8-10-12-23(28(42)39(24)18-21)34-30(45)47-31(2,3)4/h9,11,19-26,36-38H,5-8,10,12-18H2,1-4H3,(H,34,45)(H,35,41)(H,43,44)/b11-9-/t19?,20-,21-,22?,23+,24+,25?,26?,32-/m1/s1. The number of aliphatic carboxylic acids is 1. The number of hydrazine groups is 3. The van der Waals surface area contributed by atoms with Crippen molar-refractivity contribution in [3.05, 3.63) is 12.2 Å². The summed E-state index contributed by atoms with van der Waals surface area (Å²) < 4.78 is 11.4. The van der Waals surface area contributed by atoms with Gasteiger partial charge in [-0.25, -0.2) is 20.4 Å². The fraction of sp³-hybridized carbons (Fsp3) is 0.812. The summed E-state index contributed by atoms with van der Waals surface area (Å²) in [5, 5.41) is 17.6. The van der Waals surface area contributed by atoms with Crippen LogP contribution in [0.5, 0.6) is 0 Å². The minimum absolute atomic E-state index is 0.0731. The Hall–Kier alpha value is -2.30. The summed E-state index contributed by atoms with van der Waals surface area (Å²) in [6.45, 7) is 8.15. The van der Waals surface area contributed by atoms with Crippen LogP contribution in [0.3, 0.4) is 0 Å². The average Bonchev–Trinajstić information content (AvgIpc) is 3.32. The zero-order chi connectivity index (χ0) is 33.9. The van der Waals surface area contributed by atoms with Gasteiger partial charge in [-0.3, -0.25) is 9.59 Å². The molecule has 2 saturated heterocycles. The summed E-state index contributed by atoms with van der Waals surface area (Å²) in [6.07, 6.45) is 10.2. The van der Waals surface area contributed by atoms with Crippen molar-refractivity contribution in [2.24, 2.45) is 11.8 Å². The molecule has 0 aromatic carbocycles. The van der Waals surface area contributed by atoms with E-state index in [-0.39, 0.29) is 47.9 Å². The molecule has 4 unspecified atom stereocenters. The summed E-state index contributed by atoms with van der Waals surface area (Å²) in [5.41, 5.74) is 7.91. The second-order valence-electron chi connectivity index (χ2n) is 14.6. The van der Waals surface area contributed by atoms with Gasteiger partial charge in [-0.1, -0.05) is 40.9 Å². The van der Waals surface area contributed by atoms with E-state index in [9.17, 15) is 24.3 Å². The van der Waals surface area contributed by atoms with Gasteiger partial charge in [0.1, 0.15) is 23.2 Å². The summed E-state index contributed by atoms with van der Waals surface area (Å²) in [5.74, 6) is -1.97. The lowest BCUT2D eigenvalue weighted by Gasteiger charge is -2.35. The molecule has 3 aliphatic heterocycles. The van der Waals surface area contributed by atoms with Crippen LogP contribution in [-0.4, -0.2) is 98.5 Å². The van der Waals surface area contributed by atoms with Gasteiger partial charge < -0.3 is 30.1 Å². The molecule has 47 heavy (non-hydrogen) atoms. The molecule has 15 heteroatoms. The molecule has 0 aromatic rings. The van der Waals surface area contributed by atoms with Gasteiger partial charge in [-0.2, -0.15) is 10.7 Å². The number of hydrogen-bond acceptors (Lipinski definition) is 10. The lowest BCUT2D eigenvalue weighted by Crippen LogP contribution is -2.56. The zero-order valence-corrected chi connectivity index (χ0v) is 29.5. The molecule has 0 spiro atoms. The summed E-state index contributed by atoms with van der Waals surface area (Å²) in [7, 11) is 0. The van der Waals surface area contributed by atoms with Crippen molar-refractivity contribution in [2.75, 3.05) is 13.2 Å². The van der Waals surface area contributed by atoms with Crippen molar-refractivity contribution < 1.29 is 33.8 Å². The van der Waals surface area contributed by atoms with Crippen molar-refractivity contribution in [1.29, 1.82) is 0 Å². The van der Waals surface area contributed by atoms with E-state index in [0.29, 0.717) is 31.8 Å². The van der Waals surface area contributed by atoms with Crippen LogP contribution in [0.4, 0.5) is 4.79 Å². The number of carbonyl (C=O) groups is 4. The molecule has 5 aliphatic rings. The number of carboxylic acid groups (broad SMARTS) is 1. The van der Waals surface area contributed by atoms with E-state index >= 15 is 0 Å². The number of halogens is 1. The van der Waals surface area contributed by atoms with Crippen LogP contribution in [-0.2, 0) is 23.9 Å². The molecular formula is C32H52BrN7O7. The molecule has 9 atom stereocenters. The van der Waals surface area contributed by atoms with Crippen LogP contribution in [0.2, 0.25) is 0 Å². The topological polar surface area (TPSA) is 174 Å².